The molecule has 0 aromatic heterocycles. The first-order valence-corrected chi connectivity index (χ1v) is 10.3. The molecule has 0 aromatic carbocycles. The highest BCUT2D eigenvalue weighted by molar-refractivity contribution is 5.65. The summed E-state index contributed by atoms with van der Waals surface area (Å²) in [6.45, 7) is 8.71. The van der Waals surface area contributed by atoms with Gasteiger partial charge in [-0.15, -0.1) is 0 Å². The maximum atomic E-state index is 11.4. The number of rotatable bonds is 4. The maximum Gasteiger partial charge on any atom is 0.302 e. The van der Waals surface area contributed by atoms with Gasteiger partial charge in [-0.1, -0.05) is 38.8 Å². The lowest BCUT2D eigenvalue weighted by atomic mass is 9.45. The Morgan fingerprint density at radius 1 is 1.27 bits per heavy atom. The van der Waals surface area contributed by atoms with E-state index in [0.29, 0.717) is 18.4 Å². The Labute approximate surface area is 158 Å². The Morgan fingerprint density at radius 3 is 2.65 bits per heavy atom. The molecule has 0 aromatic rings. The number of allylic oxidation sites excluding steroid dienone is 1. The molecule has 148 valence electrons. The van der Waals surface area contributed by atoms with Crippen LogP contribution in [-0.2, 0) is 9.53 Å². The lowest BCUT2D eigenvalue weighted by Gasteiger charge is -2.60. The standard InChI is InChI=1S/C22H36O4/c1-15(24)26-14-21(3)9-5-10-22(4)17-8-11-20(2,19(25)13-23)12-16(17)6-7-18(21)22/h12,17-19,23,25H,5-11,13-14H2,1-4H3/t17-,18-,19+,20+,21-,22?/m1/s1. The Balaban J connectivity index is 1.87. The van der Waals surface area contributed by atoms with Crippen LogP contribution in [0, 0.1) is 28.1 Å². The van der Waals surface area contributed by atoms with Crippen molar-refractivity contribution in [3.05, 3.63) is 11.6 Å². The topological polar surface area (TPSA) is 66.8 Å². The highest BCUT2D eigenvalue weighted by Gasteiger charge is 2.56. The Morgan fingerprint density at radius 2 is 2.00 bits per heavy atom. The molecule has 2 fully saturated rings. The fourth-order valence-corrected chi connectivity index (χ4v) is 6.57. The number of aliphatic hydroxyl groups excluding tert-OH is 2. The predicted molar refractivity (Wildman–Crippen MR) is 101 cm³/mol. The van der Waals surface area contributed by atoms with Crippen LogP contribution in [0.2, 0.25) is 0 Å². The van der Waals surface area contributed by atoms with Crippen molar-refractivity contribution >= 4 is 5.97 Å². The molecule has 2 N–H and O–H groups in total. The van der Waals surface area contributed by atoms with Crippen molar-refractivity contribution < 1.29 is 19.7 Å². The summed E-state index contributed by atoms with van der Waals surface area (Å²) in [5.41, 5.74) is 1.49. The molecular weight excluding hydrogens is 328 g/mol. The van der Waals surface area contributed by atoms with Crippen molar-refractivity contribution in [1.82, 2.24) is 0 Å². The first-order chi connectivity index (χ1) is 12.1. The van der Waals surface area contributed by atoms with Gasteiger partial charge < -0.3 is 14.9 Å². The summed E-state index contributed by atoms with van der Waals surface area (Å²) in [5, 5.41) is 19.7. The zero-order valence-electron chi connectivity index (χ0n) is 16.9. The van der Waals surface area contributed by atoms with Crippen LogP contribution in [0.15, 0.2) is 11.6 Å². The zero-order chi connectivity index (χ0) is 19.2. The number of esters is 1. The van der Waals surface area contributed by atoms with Gasteiger partial charge in [-0.3, -0.25) is 4.79 Å². The van der Waals surface area contributed by atoms with Crippen LogP contribution in [0.1, 0.15) is 72.6 Å². The van der Waals surface area contributed by atoms with Gasteiger partial charge >= 0.3 is 5.97 Å². The molecule has 2 saturated carbocycles. The van der Waals surface area contributed by atoms with E-state index in [1.807, 2.05) is 0 Å². The third-order valence-electron chi connectivity index (χ3n) is 8.09. The molecule has 3 aliphatic rings. The third kappa shape index (κ3) is 3.24. The van der Waals surface area contributed by atoms with Gasteiger partial charge in [0.15, 0.2) is 0 Å². The molecule has 26 heavy (non-hydrogen) atoms. The van der Waals surface area contributed by atoms with Crippen LogP contribution in [0.5, 0.6) is 0 Å². The summed E-state index contributed by atoms with van der Waals surface area (Å²) < 4.78 is 5.48. The summed E-state index contributed by atoms with van der Waals surface area (Å²) in [4.78, 5) is 11.4. The number of carbonyl (C=O) groups excluding carboxylic acids is 1. The van der Waals surface area contributed by atoms with Crippen LogP contribution in [0.25, 0.3) is 0 Å². The van der Waals surface area contributed by atoms with Gasteiger partial charge in [0.1, 0.15) is 0 Å². The molecule has 4 nitrogen and oxygen atoms in total. The van der Waals surface area contributed by atoms with Crippen molar-refractivity contribution in [1.29, 1.82) is 0 Å². The highest BCUT2D eigenvalue weighted by atomic mass is 16.5. The second-order valence-electron chi connectivity index (χ2n) is 9.90. The summed E-state index contributed by atoms with van der Waals surface area (Å²) in [6, 6.07) is 0. The average molecular weight is 365 g/mol. The molecule has 3 aliphatic carbocycles. The van der Waals surface area contributed by atoms with Crippen LogP contribution in [-0.4, -0.2) is 35.5 Å². The first-order valence-electron chi connectivity index (χ1n) is 10.3. The molecule has 0 radical (unpaired) electrons. The number of hydrogen-bond acceptors (Lipinski definition) is 4. The molecule has 0 amide bonds. The van der Waals surface area contributed by atoms with E-state index in [4.69, 9.17) is 4.74 Å². The van der Waals surface area contributed by atoms with E-state index in [-0.39, 0.29) is 28.8 Å². The van der Waals surface area contributed by atoms with Crippen LogP contribution < -0.4 is 0 Å². The first kappa shape index (κ1) is 19.9. The SMILES string of the molecule is CC(=O)OC[C@@]1(C)CCCC2(C)[C@@H]3CC[C@](C)([C@@H](O)CO)C=C3CC[C@@H]21. The molecule has 4 heteroatoms. The summed E-state index contributed by atoms with van der Waals surface area (Å²) >= 11 is 0. The van der Waals surface area contributed by atoms with Crippen molar-refractivity contribution in [2.75, 3.05) is 13.2 Å². The molecule has 0 aliphatic heterocycles. The highest BCUT2D eigenvalue weighted by Crippen LogP contribution is 2.64. The quantitative estimate of drug-likeness (QED) is 0.587. The lowest BCUT2D eigenvalue weighted by Crippen LogP contribution is -2.53. The van der Waals surface area contributed by atoms with Gasteiger partial charge in [-0.2, -0.15) is 0 Å². The smallest absolute Gasteiger partial charge is 0.302 e. The van der Waals surface area contributed by atoms with Crippen molar-refractivity contribution in [2.24, 2.45) is 28.1 Å². The molecule has 1 unspecified atom stereocenters. The second-order valence-corrected chi connectivity index (χ2v) is 9.90. The van der Waals surface area contributed by atoms with Gasteiger partial charge in [0.2, 0.25) is 0 Å². The summed E-state index contributed by atoms with van der Waals surface area (Å²) in [5.74, 6) is 0.941. The number of aliphatic hydroxyl groups is 2. The van der Waals surface area contributed by atoms with E-state index < -0.39 is 6.10 Å². The second kappa shape index (κ2) is 6.94. The minimum Gasteiger partial charge on any atom is -0.465 e. The Bertz CT molecular complexity index is 585. The minimum atomic E-state index is -0.679. The molecular formula is C22H36O4. The van der Waals surface area contributed by atoms with E-state index in [1.165, 1.54) is 25.3 Å². The van der Waals surface area contributed by atoms with Gasteiger partial charge in [0.05, 0.1) is 19.3 Å². The maximum absolute atomic E-state index is 11.4. The van der Waals surface area contributed by atoms with E-state index in [9.17, 15) is 15.0 Å². The van der Waals surface area contributed by atoms with Crippen molar-refractivity contribution in [3.63, 3.8) is 0 Å². The molecule has 0 bridgehead atoms. The van der Waals surface area contributed by atoms with Crippen LogP contribution in [0.4, 0.5) is 0 Å². The largest absolute Gasteiger partial charge is 0.465 e. The van der Waals surface area contributed by atoms with Gasteiger partial charge in [-0.05, 0) is 55.8 Å². The molecule has 0 saturated heterocycles. The minimum absolute atomic E-state index is 0.0650. The van der Waals surface area contributed by atoms with Gasteiger partial charge in [0, 0.05) is 17.8 Å². The number of carbonyl (C=O) groups is 1. The number of hydrogen-bond donors (Lipinski definition) is 2. The Kier molecular flexibility index (Phi) is 5.31. The fraction of sp³-hybridized carbons (Fsp3) is 0.864. The predicted octanol–water partition coefficient (Wildman–Crippen LogP) is 3.85. The molecule has 3 rings (SSSR count). The number of fused-ring (bicyclic) bond motifs is 3. The molecule has 0 heterocycles. The van der Waals surface area contributed by atoms with Crippen molar-refractivity contribution in [3.8, 4) is 0 Å². The Hall–Kier alpha value is -0.870. The van der Waals surface area contributed by atoms with Crippen LogP contribution >= 0.6 is 0 Å². The van der Waals surface area contributed by atoms with Gasteiger partial charge in [0.25, 0.3) is 0 Å². The average Bonchev–Trinajstić information content (AvgIpc) is 2.58. The normalized spacial score (nSPS) is 43.7. The summed E-state index contributed by atoms with van der Waals surface area (Å²) in [7, 11) is 0. The molecule has 0 spiro atoms. The summed E-state index contributed by atoms with van der Waals surface area (Å²) in [6.07, 6.45) is 9.36. The van der Waals surface area contributed by atoms with E-state index in [2.05, 4.69) is 26.8 Å². The third-order valence-corrected chi connectivity index (χ3v) is 8.09. The zero-order valence-corrected chi connectivity index (χ0v) is 16.9. The van der Waals surface area contributed by atoms with Crippen LogP contribution in [0.3, 0.4) is 0 Å². The number of ether oxygens (including phenoxy) is 1. The lowest BCUT2D eigenvalue weighted by molar-refractivity contribution is -0.153. The van der Waals surface area contributed by atoms with E-state index in [1.54, 1.807) is 0 Å². The van der Waals surface area contributed by atoms with Crippen molar-refractivity contribution in [2.45, 2.75) is 78.7 Å². The fourth-order valence-electron chi connectivity index (χ4n) is 6.57. The van der Waals surface area contributed by atoms with Gasteiger partial charge in [-0.25, -0.2) is 0 Å². The molecule has 6 atom stereocenters. The monoisotopic (exact) mass is 364 g/mol. The van der Waals surface area contributed by atoms with E-state index in [0.717, 1.165) is 32.1 Å². The van der Waals surface area contributed by atoms with E-state index >= 15 is 0 Å².